The minimum absolute atomic E-state index is 0.0258. The minimum atomic E-state index is -1.79. The monoisotopic (exact) mass is 704 g/mol. The van der Waals surface area contributed by atoms with Gasteiger partial charge in [0.25, 0.3) is 0 Å². The smallest absolute Gasteiger partial charge is 0.187 e. The molecule has 0 bridgehead atoms. The van der Waals surface area contributed by atoms with Crippen LogP contribution in [0.15, 0.2) is 0 Å². The van der Waals surface area contributed by atoms with Gasteiger partial charge in [-0.05, 0) is 0 Å². The van der Waals surface area contributed by atoms with E-state index in [9.17, 15) is 40.5 Å². The number of ether oxygens (including phenoxy) is 3. The van der Waals surface area contributed by atoms with Crippen LogP contribution in [0.1, 0.15) is 0 Å². The largest absolute Gasteiger partial charge is 0.394 e. The first-order chi connectivity index (χ1) is 21.9. The molecule has 23 heteroatoms. The van der Waals surface area contributed by atoms with Gasteiger partial charge in [-0.25, -0.2) is 0 Å². The van der Waals surface area contributed by atoms with E-state index < -0.39 is 143 Å². The van der Waals surface area contributed by atoms with E-state index >= 15 is 0 Å². The average Bonchev–Trinajstić information content (AvgIpc) is 3.09. The Morgan fingerprint density at radius 3 is 1.34 bits per heavy atom. The molecule has 0 aromatic heterocycles. The predicted octanol–water partition coefficient (Wildman–Crippen LogP) is -12.4. The van der Waals surface area contributed by atoms with Crippen LogP contribution < -0.4 is 0 Å². The van der Waals surface area contributed by atoms with Crippen molar-refractivity contribution in [1.29, 1.82) is 0 Å². The highest BCUT2D eigenvalue weighted by atomic mass is 16.7. The number of aliphatic hydroxyl groups excluding tert-OH is 19. The Hall–Kier alpha value is -1.21. The quantitative estimate of drug-likeness (QED) is 0.0746. The van der Waals surface area contributed by atoms with E-state index in [-0.39, 0.29) is 6.29 Å². The van der Waals surface area contributed by atoms with Gasteiger partial charge in [-0.15, -0.1) is 0 Å². The first kappa shape index (κ1) is 45.8. The summed E-state index contributed by atoms with van der Waals surface area (Å²) in [7, 11) is 0. The SMILES string of the molecule is O=C[C@H](O)[C@@H](O)[C@H](O)[C@H](O)CO.OC[C@@H](O)[C@@H](O)[C@H](O)[C@@H](O)CO.OC[C@H]1O[C@@H](O[C@H]2[C@H](O)[C@@H](O)C(O)O[C@@H]2CO)[C@H](O)[C@@H](O)[C@H]1O. The Bertz CT molecular complexity index is 810. The van der Waals surface area contributed by atoms with Gasteiger partial charge in [-0.3, -0.25) is 0 Å². The fourth-order valence-corrected chi connectivity index (χ4v) is 3.86. The molecule has 47 heavy (non-hydrogen) atoms. The van der Waals surface area contributed by atoms with E-state index in [2.05, 4.69) is 0 Å². The number of carbonyl (C=O) groups is 1. The fraction of sp³-hybridized carbons (Fsp3) is 0.958. The van der Waals surface area contributed by atoms with Gasteiger partial charge in [0.05, 0.1) is 33.0 Å². The van der Waals surface area contributed by atoms with Crippen molar-refractivity contribution in [2.24, 2.45) is 0 Å². The molecule has 2 saturated heterocycles. The molecule has 282 valence electrons. The van der Waals surface area contributed by atoms with Crippen molar-refractivity contribution in [3.63, 3.8) is 0 Å². The van der Waals surface area contributed by atoms with Gasteiger partial charge in [0.1, 0.15) is 97.7 Å². The van der Waals surface area contributed by atoms with Gasteiger partial charge in [0.15, 0.2) is 18.9 Å². The Morgan fingerprint density at radius 2 is 0.957 bits per heavy atom. The van der Waals surface area contributed by atoms with E-state index in [4.69, 9.17) is 75.5 Å². The summed E-state index contributed by atoms with van der Waals surface area (Å²) in [6, 6.07) is 0. The number of aliphatic hydroxyl groups is 19. The summed E-state index contributed by atoms with van der Waals surface area (Å²) in [5, 5.41) is 172. The van der Waals surface area contributed by atoms with Gasteiger partial charge in [0.2, 0.25) is 0 Å². The topological polar surface area (TPSA) is 429 Å². The van der Waals surface area contributed by atoms with Crippen molar-refractivity contribution in [1.82, 2.24) is 0 Å². The van der Waals surface area contributed by atoms with Crippen LogP contribution in [0.3, 0.4) is 0 Å². The van der Waals surface area contributed by atoms with Crippen LogP contribution in [0.2, 0.25) is 0 Å². The highest BCUT2D eigenvalue weighted by Crippen LogP contribution is 2.28. The maximum atomic E-state index is 9.94. The summed E-state index contributed by atoms with van der Waals surface area (Å²) in [6.07, 6.45) is -28.8. The van der Waals surface area contributed by atoms with Crippen molar-refractivity contribution in [2.45, 2.75) is 110 Å². The number of hydrogen-bond donors (Lipinski definition) is 19. The Kier molecular flexibility index (Phi) is 21.9. The first-order valence-corrected chi connectivity index (χ1v) is 13.9. The Labute approximate surface area is 266 Å². The number of aldehydes is 1. The highest BCUT2D eigenvalue weighted by Gasteiger charge is 2.50. The van der Waals surface area contributed by atoms with E-state index in [0.717, 1.165) is 0 Å². The van der Waals surface area contributed by atoms with Crippen LogP contribution in [0.4, 0.5) is 0 Å². The summed E-state index contributed by atoms with van der Waals surface area (Å²) in [4.78, 5) is 9.90. The third-order valence-corrected chi connectivity index (χ3v) is 6.91. The molecule has 0 aromatic carbocycles. The molecule has 18 atom stereocenters. The normalized spacial score (nSPS) is 36.1. The Morgan fingerprint density at radius 1 is 0.532 bits per heavy atom. The lowest BCUT2D eigenvalue weighted by Crippen LogP contribution is -2.64. The molecule has 19 N–H and O–H groups in total. The van der Waals surface area contributed by atoms with Crippen molar-refractivity contribution in [3.05, 3.63) is 0 Å². The molecule has 2 aliphatic heterocycles. The predicted molar refractivity (Wildman–Crippen MR) is 144 cm³/mol. The average molecular weight is 705 g/mol. The fourth-order valence-electron chi connectivity index (χ4n) is 3.86. The summed E-state index contributed by atoms with van der Waals surface area (Å²) < 4.78 is 15.3. The lowest BCUT2D eigenvalue weighted by molar-refractivity contribution is -0.355. The zero-order valence-corrected chi connectivity index (χ0v) is 24.6. The van der Waals surface area contributed by atoms with Gasteiger partial charge < -0.3 is 116 Å². The molecule has 2 rings (SSSR count). The molecule has 0 saturated carbocycles. The van der Waals surface area contributed by atoms with Crippen molar-refractivity contribution < 1.29 is 116 Å². The molecule has 0 aromatic rings. The van der Waals surface area contributed by atoms with Crippen LogP contribution >= 0.6 is 0 Å². The van der Waals surface area contributed by atoms with Crippen molar-refractivity contribution in [2.75, 3.05) is 33.0 Å². The first-order valence-electron chi connectivity index (χ1n) is 13.9. The second-order valence-corrected chi connectivity index (χ2v) is 10.4. The van der Waals surface area contributed by atoms with E-state index in [1.165, 1.54) is 0 Å². The maximum Gasteiger partial charge on any atom is 0.187 e. The second-order valence-electron chi connectivity index (χ2n) is 10.4. The third kappa shape index (κ3) is 13.2. The summed E-state index contributed by atoms with van der Waals surface area (Å²) in [5.41, 5.74) is 0. The molecule has 0 amide bonds. The molecule has 2 heterocycles. The standard InChI is InChI=1S/C12H22O11.C6H14O6.C6H12O6/c13-1-3-5(15)6(16)9(19)12(22-3)23-10-4(2-14)21-11(20)8(18)7(10)17;2*7-1-3(9)5(11)6(12)4(10)2-8/h3-20H,1-2H2;3-12H,1-2H2;1,3-6,8-12H,2H2/t3-,4-,5+,6+,7-,8-,9-,10-,11?,12+;3-,4+,5-,6-;3-,4+,5+,6+/m110/s1. The van der Waals surface area contributed by atoms with Crippen molar-refractivity contribution >= 4 is 6.29 Å². The summed E-state index contributed by atoms with van der Waals surface area (Å²) in [6.45, 7) is -3.56. The zero-order chi connectivity index (χ0) is 36.8. The van der Waals surface area contributed by atoms with Crippen LogP contribution in [-0.2, 0) is 19.0 Å². The molecule has 2 fully saturated rings. The lowest BCUT2D eigenvalue weighted by atomic mass is 9.97. The van der Waals surface area contributed by atoms with E-state index in [0.29, 0.717) is 0 Å². The minimum Gasteiger partial charge on any atom is -0.394 e. The molecule has 0 radical (unpaired) electrons. The lowest BCUT2D eigenvalue weighted by Gasteiger charge is -2.45. The van der Waals surface area contributed by atoms with Crippen LogP contribution in [0.5, 0.6) is 0 Å². The summed E-state index contributed by atoms with van der Waals surface area (Å²) in [5.74, 6) is 0. The van der Waals surface area contributed by atoms with Crippen molar-refractivity contribution in [3.8, 4) is 0 Å². The Balaban J connectivity index is 0.000000749. The molecule has 1 unspecified atom stereocenters. The maximum absolute atomic E-state index is 9.94. The molecular formula is C24H48O23. The molecular weight excluding hydrogens is 656 g/mol. The second kappa shape index (κ2) is 22.5. The molecule has 0 aliphatic carbocycles. The molecule has 0 spiro atoms. The zero-order valence-electron chi connectivity index (χ0n) is 24.6. The van der Waals surface area contributed by atoms with E-state index in [1.54, 1.807) is 0 Å². The van der Waals surface area contributed by atoms with Crippen LogP contribution in [-0.4, -0.2) is 247 Å². The highest BCUT2D eigenvalue weighted by molar-refractivity contribution is 5.56. The summed E-state index contributed by atoms with van der Waals surface area (Å²) >= 11 is 0. The van der Waals surface area contributed by atoms with Gasteiger partial charge in [-0.2, -0.15) is 0 Å². The number of hydrogen-bond acceptors (Lipinski definition) is 23. The van der Waals surface area contributed by atoms with Crippen LogP contribution in [0, 0.1) is 0 Å². The molecule has 2 aliphatic rings. The van der Waals surface area contributed by atoms with Gasteiger partial charge in [0, 0.05) is 0 Å². The van der Waals surface area contributed by atoms with Crippen LogP contribution in [0.25, 0.3) is 0 Å². The molecule has 23 nitrogen and oxygen atoms in total. The van der Waals surface area contributed by atoms with Gasteiger partial charge in [-0.1, -0.05) is 0 Å². The van der Waals surface area contributed by atoms with Gasteiger partial charge >= 0.3 is 0 Å². The number of rotatable bonds is 14. The number of carbonyl (C=O) groups excluding carboxylic acids is 1. The third-order valence-electron chi connectivity index (χ3n) is 6.91. The van der Waals surface area contributed by atoms with E-state index in [1.807, 2.05) is 0 Å².